The van der Waals surface area contributed by atoms with Crippen LogP contribution in [0.4, 0.5) is 0 Å². The number of carbonyl (C=O) groups excluding carboxylic acids is 1. The lowest BCUT2D eigenvalue weighted by Gasteiger charge is -2.43. The van der Waals surface area contributed by atoms with Crippen molar-refractivity contribution in [3.63, 3.8) is 0 Å². The summed E-state index contributed by atoms with van der Waals surface area (Å²) in [6.45, 7) is 4.43. The van der Waals surface area contributed by atoms with E-state index in [1.54, 1.807) is 0 Å². The zero-order chi connectivity index (χ0) is 13.9. The summed E-state index contributed by atoms with van der Waals surface area (Å²) >= 11 is 0. The average Bonchev–Trinajstić information content (AvgIpc) is 2.53. The third-order valence-corrected chi connectivity index (χ3v) is 4.27. The Bertz CT molecular complexity index is 568. The first-order valence-electron chi connectivity index (χ1n) is 7.15. The maximum atomic E-state index is 12.2. The van der Waals surface area contributed by atoms with Crippen molar-refractivity contribution in [3.8, 4) is 0 Å². The molecule has 1 heterocycles. The molecule has 1 aliphatic carbocycles. The van der Waals surface area contributed by atoms with Crippen LogP contribution in [-0.4, -0.2) is 17.4 Å². The first-order chi connectivity index (χ1) is 9.81. The summed E-state index contributed by atoms with van der Waals surface area (Å²) in [4.78, 5) is 14.2. The number of hydrogen-bond acceptors (Lipinski definition) is 1. The van der Waals surface area contributed by atoms with Gasteiger partial charge in [-0.1, -0.05) is 60.7 Å². The molecule has 0 spiro atoms. The second-order valence-electron chi connectivity index (χ2n) is 5.35. The van der Waals surface area contributed by atoms with Gasteiger partial charge in [-0.25, -0.2) is 0 Å². The quantitative estimate of drug-likeness (QED) is 0.747. The van der Waals surface area contributed by atoms with Crippen molar-refractivity contribution < 1.29 is 4.79 Å². The van der Waals surface area contributed by atoms with Gasteiger partial charge in [0.2, 0.25) is 5.91 Å². The maximum Gasteiger partial charge on any atom is 0.246 e. The number of allylic oxidation sites excluding steroid dienone is 3. The first-order valence-corrected chi connectivity index (χ1v) is 7.15. The molecular formula is C18H19NO. The van der Waals surface area contributed by atoms with Gasteiger partial charge in [-0.05, 0) is 24.5 Å². The Kier molecular flexibility index (Phi) is 3.55. The Morgan fingerprint density at radius 1 is 1.30 bits per heavy atom. The molecule has 0 radical (unpaired) electrons. The van der Waals surface area contributed by atoms with Gasteiger partial charge in [-0.3, -0.25) is 4.79 Å². The molecule has 0 saturated carbocycles. The van der Waals surface area contributed by atoms with E-state index in [1.807, 2.05) is 23.1 Å². The number of carbonyl (C=O) groups is 1. The standard InChI is InChI=1S/C18H19NO/c1-2-17(20)19-13-12-14-8-6-7-11-16(14)18(19)15-9-4-3-5-10-15/h2-10,16,18H,1,11-13H2. The highest BCUT2D eigenvalue weighted by Gasteiger charge is 2.36. The number of amides is 1. The molecule has 0 aromatic heterocycles. The number of fused-ring (bicyclic) bond motifs is 1. The molecule has 2 aliphatic rings. The molecule has 2 atom stereocenters. The molecule has 2 nitrogen and oxygen atoms in total. The highest BCUT2D eigenvalue weighted by atomic mass is 16.2. The van der Waals surface area contributed by atoms with Crippen LogP contribution < -0.4 is 0 Å². The Balaban J connectivity index is 2.01. The zero-order valence-corrected chi connectivity index (χ0v) is 11.5. The topological polar surface area (TPSA) is 20.3 Å². The fraction of sp³-hybridized carbons (Fsp3) is 0.278. The molecule has 0 bridgehead atoms. The third kappa shape index (κ3) is 2.22. The summed E-state index contributed by atoms with van der Waals surface area (Å²) in [6.07, 6.45) is 9.97. The lowest BCUT2D eigenvalue weighted by Crippen LogP contribution is -2.43. The van der Waals surface area contributed by atoms with Crippen molar-refractivity contribution in [2.75, 3.05) is 6.54 Å². The summed E-state index contributed by atoms with van der Waals surface area (Å²) in [5.41, 5.74) is 2.68. The Labute approximate surface area is 120 Å². The van der Waals surface area contributed by atoms with E-state index < -0.39 is 0 Å². The predicted octanol–water partition coefficient (Wildman–Crippen LogP) is 3.65. The number of nitrogens with zero attached hydrogens (tertiary/aromatic N) is 1. The number of rotatable bonds is 2. The van der Waals surface area contributed by atoms with Crippen molar-refractivity contribution in [2.24, 2.45) is 5.92 Å². The number of hydrogen-bond donors (Lipinski definition) is 0. The highest BCUT2D eigenvalue weighted by Crippen LogP contribution is 2.42. The van der Waals surface area contributed by atoms with Gasteiger partial charge in [-0.15, -0.1) is 0 Å². The van der Waals surface area contributed by atoms with Crippen LogP contribution in [0, 0.1) is 5.92 Å². The smallest absolute Gasteiger partial charge is 0.246 e. The number of piperidine rings is 1. The zero-order valence-electron chi connectivity index (χ0n) is 11.5. The van der Waals surface area contributed by atoms with Gasteiger partial charge < -0.3 is 4.90 Å². The number of likely N-dealkylation sites (tertiary alicyclic amines) is 1. The van der Waals surface area contributed by atoms with Crippen LogP contribution in [0.3, 0.4) is 0 Å². The molecule has 102 valence electrons. The molecule has 0 N–H and O–H groups in total. The van der Waals surface area contributed by atoms with Crippen LogP contribution >= 0.6 is 0 Å². The molecule has 20 heavy (non-hydrogen) atoms. The van der Waals surface area contributed by atoms with Crippen LogP contribution in [0.1, 0.15) is 24.4 Å². The van der Waals surface area contributed by atoms with E-state index in [1.165, 1.54) is 17.2 Å². The van der Waals surface area contributed by atoms with Crippen molar-refractivity contribution in [2.45, 2.75) is 18.9 Å². The van der Waals surface area contributed by atoms with Gasteiger partial charge in [0.15, 0.2) is 0 Å². The van der Waals surface area contributed by atoms with E-state index in [9.17, 15) is 4.79 Å². The first kappa shape index (κ1) is 12.9. The van der Waals surface area contributed by atoms with Crippen molar-refractivity contribution >= 4 is 5.91 Å². The summed E-state index contributed by atoms with van der Waals surface area (Å²) in [5.74, 6) is 0.438. The van der Waals surface area contributed by atoms with Gasteiger partial charge in [-0.2, -0.15) is 0 Å². The van der Waals surface area contributed by atoms with E-state index in [0.717, 1.165) is 19.4 Å². The van der Waals surface area contributed by atoms with Crippen molar-refractivity contribution in [3.05, 3.63) is 72.4 Å². The van der Waals surface area contributed by atoms with E-state index in [0.29, 0.717) is 5.92 Å². The van der Waals surface area contributed by atoms with E-state index in [4.69, 9.17) is 0 Å². The fourth-order valence-corrected chi connectivity index (χ4v) is 3.33. The average molecular weight is 265 g/mol. The molecule has 3 rings (SSSR count). The lowest BCUT2D eigenvalue weighted by molar-refractivity contribution is -0.130. The normalized spacial score (nSPS) is 24.8. The van der Waals surface area contributed by atoms with Gasteiger partial charge in [0, 0.05) is 12.5 Å². The van der Waals surface area contributed by atoms with Crippen LogP contribution in [0.5, 0.6) is 0 Å². The Morgan fingerprint density at radius 2 is 2.10 bits per heavy atom. The maximum absolute atomic E-state index is 12.2. The largest absolute Gasteiger partial charge is 0.331 e. The Morgan fingerprint density at radius 3 is 2.85 bits per heavy atom. The van der Waals surface area contributed by atoms with Crippen molar-refractivity contribution in [1.82, 2.24) is 4.90 Å². The molecular weight excluding hydrogens is 246 g/mol. The van der Waals surface area contributed by atoms with Crippen LogP contribution in [0.2, 0.25) is 0 Å². The molecule has 1 fully saturated rings. The van der Waals surface area contributed by atoms with Gasteiger partial charge in [0.05, 0.1) is 6.04 Å². The molecule has 2 heteroatoms. The van der Waals surface area contributed by atoms with Crippen LogP contribution in [0.15, 0.2) is 66.8 Å². The van der Waals surface area contributed by atoms with Gasteiger partial charge in [0.25, 0.3) is 0 Å². The lowest BCUT2D eigenvalue weighted by atomic mass is 9.77. The van der Waals surface area contributed by atoms with Gasteiger partial charge >= 0.3 is 0 Å². The second-order valence-corrected chi connectivity index (χ2v) is 5.35. The predicted molar refractivity (Wildman–Crippen MR) is 81.0 cm³/mol. The summed E-state index contributed by atoms with van der Waals surface area (Å²) in [6, 6.07) is 10.5. The highest BCUT2D eigenvalue weighted by molar-refractivity contribution is 5.87. The molecule has 1 aromatic carbocycles. The summed E-state index contributed by atoms with van der Waals surface area (Å²) in [5, 5.41) is 0. The third-order valence-electron chi connectivity index (χ3n) is 4.27. The van der Waals surface area contributed by atoms with Crippen LogP contribution in [-0.2, 0) is 4.79 Å². The van der Waals surface area contributed by atoms with E-state index in [2.05, 4.69) is 36.9 Å². The minimum atomic E-state index is 0.0347. The van der Waals surface area contributed by atoms with Crippen LogP contribution in [0.25, 0.3) is 0 Å². The SMILES string of the molecule is C=CC(=O)N1CCC2=CC=CCC2C1c1ccccc1. The summed E-state index contributed by atoms with van der Waals surface area (Å²) in [7, 11) is 0. The monoisotopic (exact) mass is 265 g/mol. The van der Waals surface area contributed by atoms with E-state index in [-0.39, 0.29) is 11.9 Å². The minimum Gasteiger partial charge on any atom is -0.331 e. The molecule has 1 aromatic rings. The second kappa shape index (κ2) is 5.49. The molecule has 1 amide bonds. The molecule has 2 unspecified atom stereocenters. The Hall–Kier alpha value is -2.09. The van der Waals surface area contributed by atoms with Gasteiger partial charge in [0.1, 0.15) is 0 Å². The molecule has 1 aliphatic heterocycles. The van der Waals surface area contributed by atoms with Crippen molar-refractivity contribution in [1.29, 1.82) is 0 Å². The summed E-state index contributed by atoms with van der Waals surface area (Å²) < 4.78 is 0. The number of benzene rings is 1. The molecule has 1 saturated heterocycles. The fourth-order valence-electron chi connectivity index (χ4n) is 3.33. The van der Waals surface area contributed by atoms with E-state index >= 15 is 0 Å². The minimum absolute atomic E-state index is 0.0347.